The second-order valence-electron chi connectivity index (χ2n) is 8.44. The van der Waals surface area contributed by atoms with Crippen LogP contribution in [-0.4, -0.2) is 9.49 Å². The van der Waals surface area contributed by atoms with Crippen LogP contribution in [0.15, 0.2) is 97.3 Å². The maximum atomic E-state index is 11.0. The second-order valence-corrected chi connectivity index (χ2v) is 9.52. The van der Waals surface area contributed by atoms with E-state index in [0.29, 0.717) is 0 Å². The number of nitrogens with zero attached hydrogens (tertiary/aromatic N) is 3. The van der Waals surface area contributed by atoms with Gasteiger partial charge in [-0.25, -0.2) is 0 Å². The molecule has 0 spiro atoms. The van der Waals surface area contributed by atoms with Crippen LogP contribution < -0.4 is 9.79 Å². The number of hydrogen-bond donors (Lipinski definition) is 0. The smallest absolute Gasteiger partial charge is 0.269 e. The lowest BCUT2D eigenvalue weighted by Gasteiger charge is -2.17. The number of pyridine rings is 2. The van der Waals surface area contributed by atoms with Crippen molar-refractivity contribution in [3.05, 3.63) is 118 Å². The molecular formula is C29H22N3O2S+. The Balaban J connectivity index is 1.53. The van der Waals surface area contributed by atoms with Crippen LogP contribution >= 0.6 is 11.3 Å². The summed E-state index contributed by atoms with van der Waals surface area (Å²) in [5.74, 6) is 0. The van der Waals surface area contributed by atoms with Gasteiger partial charge < -0.3 is 4.57 Å². The van der Waals surface area contributed by atoms with Crippen molar-refractivity contribution in [3.8, 4) is 16.1 Å². The Morgan fingerprint density at radius 2 is 1.80 bits per heavy atom. The highest BCUT2D eigenvalue weighted by atomic mass is 32.1. The number of fused-ring (bicyclic) bond motifs is 1. The van der Waals surface area contributed by atoms with Crippen molar-refractivity contribution in [3.63, 3.8) is 0 Å². The Kier molecular flexibility index (Phi) is 5.16. The molecule has 6 heteroatoms. The zero-order valence-electron chi connectivity index (χ0n) is 19.1. The average molecular weight is 477 g/mol. The van der Waals surface area contributed by atoms with E-state index in [0.717, 1.165) is 21.7 Å². The van der Waals surface area contributed by atoms with E-state index in [1.807, 2.05) is 12.1 Å². The van der Waals surface area contributed by atoms with Crippen molar-refractivity contribution < 1.29 is 9.49 Å². The van der Waals surface area contributed by atoms with Crippen molar-refractivity contribution in [1.82, 2.24) is 4.57 Å². The summed E-state index contributed by atoms with van der Waals surface area (Å²) in [6, 6.07) is 28.2. The SMILES string of the molecule is CC[n+]1c(/C=c2/ccn3cc(-c4ccc([N+](=O)[O-])cc4)sc4cccc2c4-3)ccc2ccccc21. The zero-order chi connectivity index (χ0) is 23.9. The Hall–Kier alpha value is -4.29. The van der Waals surface area contributed by atoms with E-state index in [9.17, 15) is 10.1 Å². The maximum absolute atomic E-state index is 11.0. The molecule has 0 N–H and O–H groups in total. The molecule has 3 heterocycles. The van der Waals surface area contributed by atoms with Gasteiger partial charge in [0.15, 0.2) is 0 Å². The molecule has 5 nitrogen and oxygen atoms in total. The molecule has 0 saturated carbocycles. The minimum Gasteiger partial charge on any atom is -0.321 e. The number of aryl methyl sites for hydroxylation is 1. The van der Waals surface area contributed by atoms with Crippen LogP contribution in [0.5, 0.6) is 0 Å². The Morgan fingerprint density at radius 1 is 0.971 bits per heavy atom. The molecule has 35 heavy (non-hydrogen) atoms. The molecule has 0 bridgehead atoms. The molecule has 0 fully saturated rings. The van der Waals surface area contributed by atoms with Crippen molar-refractivity contribution in [2.45, 2.75) is 13.5 Å². The molecule has 0 saturated heterocycles. The fraction of sp³-hybridized carbons (Fsp3) is 0.0690. The van der Waals surface area contributed by atoms with Gasteiger partial charge in [0.1, 0.15) is 6.54 Å². The van der Waals surface area contributed by atoms with Gasteiger partial charge in [0, 0.05) is 53.5 Å². The first-order valence-corrected chi connectivity index (χ1v) is 12.3. The van der Waals surface area contributed by atoms with E-state index in [2.05, 4.69) is 95.2 Å². The summed E-state index contributed by atoms with van der Waals surface area (Å²) in [6.45, 7) is 3.07. The van der Waals surface area contributed by atoms with Crippen molar-refractivity contribution in [1.29, 1.82) is 0 Å². The first-order chi connectivity index (χ1) is 17.1. The van der Waals surface area contributed by atoms with Gasteiger partial charge in [-0.1, -0.05) is 24.3 Å². The van der Waals surface area contributed by atoms with Crippen LogP contribution in [0.3, 0.4) is 0 Å². The van der Waals surface area contributed by atoms with Crippen LogP contribution in [0.2, 0.25) is 0 Å². The number of para-hydroxylation sites is 2. The Bertz CT molecular complexity index is 1760. The third-order valence-electron chi connectivity index (χ3n) is 6.41. The Morgan fingerprint density at radius 3 is 2.60 bits per heavy atom. The van der Waals surface area contributed by atoms with Crippen molar-refractivity contribution in [2.24, 2.45) is 0 Å². The van der Waals surface area contributed by atoms with Gasteiger partial charge in [-0.15, -0.1) is 11.3 Å². The molecule has 3 aromatic carbocycles. The quantitative estimate of drug-likeness (QED) is 0.171. The van der Waals surface area contributed by atoms with E-state index in [-0.39, 0.29) is 10.6 Å². The van der Waals surface area contributed by atoms with Crippen molar-refractivity contribution >= 4 is 44.1 Å². The fourth-order valence-electron chi connectivity index (χ4n) is 4.73. The minimum atomic E-state index is -0.368. The summed E-state index contributed by atoms with van der Waals surface area (Å²) in [4.78, 5) is 11.7. The molecule has 0 unspecified atom stereocenters. The normalized spacial score (nSPS) is 12.1. The summed E-state index contributed by atoms with van der Waals surface area (Å²) in [5, 5.41) is 14.6. The molecule has 0 aliphatic carbocycles. The maximum Gasteiger partial charge on any atom is 0.269 e. The van der Waals surface area contributed by atoms with Crippen LogP contribution in [0.1, 0.15) is 12.6 Å². The molecule has 2 aliphatic heterocycles. The molecule has 0 radical (unpaired) electrons. The standard InChI is InChI=1S/C29H22N3O2S/c1-2-31-24(15-10-20-6-3-4-8-26(20)31)18-22-16-17-30-19-28(21-11-13-23(14-12-21)32(33)34)35-27-9-5-7-25(22)29(27)30/h3-19H,2H2,1H3/q+1. The third kappa shape index (κ3) is 3.68. The van der Waals surface area contributed by atoms with Gasteiger partial charge in [0.25, 0.3) is 5.69 Å². The molecule has 1 aromatic heterocycles. The van der Waals surface area contributed by atoms with E-state index in [1.54, 1.807) is 23.5 Å². The monoisotopic (exact) mass is 476 g/mol. The van der Waals surface area contributed by atoms with Crippen LogP contribution in [0.25, 0.3) is 43.2 Å². The van der Waals surface area contributed by atoms with E-state index >= 15 is 0 Å². The number of nitro groups is 1. The minimum absolute atomic E-state index is 0.100. The van der Waals surface area contributed by atoms with E-state index in [4.69, 9.17) is 0 Å². The topological polar surface area (TPSA) is 52.0 Å². The highest BCUT2D eigenvalue weighted by Gasteiger charge is 2.15. The van der Waals surface area contributed by atoms with Crippen LogP contribution in [0.4, 0.5) is 5.69 Å². The Labute approximate surface area is 206 Å². The number of benzene rings is 3. The lowest BCUT2D eigenvalue weighted by molar-refractivity contribution is -0.669. The predicted octanol–water partition coefficient (Wildman–Crippen LogP) is 6.28. The second kappa shape index (κ2) is 8.49. The molecule has 0 amide bonds. The number of hydrogen-bond acceptors (Lipinski definition) is 3. The summed E-state index contributed by atoms with van der Waals surface area (Å²) in [5.41, 5.74) is 4.63. The molecular weight excluding hydrogens is 454 g/mol. The lowest BCUT2D eigenvalue weighted by atomic mass is 10.1. The number of aromatic nitrogens is 2. The van der Waals surface area contributed by atoms with Gasteiger partial charge in [0.05, 0.1) is 20.2 Å². The molecule has 2 aliphatic rings. The number of rotatable bonds is 4. The fourth-order valence-corrected chi connectivity index (χ4v) is 5.85. The lowest BCUT2D eigenvalue weighted by Crippen LogP contribution is -2.37. The van der Waals surface area contributed by atoms with Crippen molar-refractivity contribution in [2.75, 3.05) is 0 Å². The van der Waals surface area contributed by atoms with E-state index < -0.39 is 0 Å². The first-order valence-electron chi connectivity index (χ1n) is 11.5. The van der Waals surface area contributed by atoms with Gasteiger partial charge >= 0.3 is 0 Å². The predicted molar refractivity (Wildman–Crippen MR) is 142 cm³/mol. The molecule has 0 atom stereocenters. The summed E-state index contributed by atoms with van der Waals surface area (Å²) < 4.78 is 5.67. The summed E-state index contributed by atoms with van der Waals surface area (Å²) >= 11 is 1.69. The van der Waals surface area contributed by atoms with Crippen LogP contribution in [-0.2, 0) is 6.54 Å². The van der Waals surface area contributed by atoms with Gasteiger partial charge in [-0.3, -0.25) is 10.1 Å². The molecule has 170 valence electrons. The number of nitro benzene ring substituents is 1. The molecule has 4 aromatic rings. The highest BCUT2D eigenvalue weighted by molar-refractivity contribution is 7.21. The molecule has 6 rings (SSSR count). The summed E-state index contributed by atoms with van der Waals surface area (Å²) in [7, 11) is 0. The number of non-ortho nitro benzene ring substituents is 1. The zero-order valence-corrected chi connectivity index (χ0v) is 19.9. The van der Waals surface area contributed by atoms with Gasteiger partial charge in [-0.2, -0.15) is 4.57 Å². The van der Waals surface area contributed by atoms with Crippen LogP contribution in [0, 0.1) is 10.1 Å². The highest BCUT2D eigenvalue weighted by Crippen LogP contribution is 2.34. The summed E-state index contributed by atoms with van der Waals surface area (Å²) in [6.07, 6.45) is 6.47. The average Bonchev–Trinajstić information content (AvgIpc) is 2.90. The third-order valence-corrected chi connectivity index (χ3v) is 7.52. The first kappa shape index (κ1) is 21.3. The van der Waals surface area contributed by atoms with Gasteiger partial charge in [-0.05, 0) is 54.1 Å². The van der Waals surface area contributed by atoms with E-state index in [1.165, 1.54) is 32.9 Å². The largest absolute Gasteiger partial charge is 0.321 e. The van der Waals surface area contributed by atoms with Gasteiger partial charge in [0.2, 0.25) is 11.2 Å².